The summed E-state index contributed by atoms with van der Waals surface area (Å²) < 4.78 is 38.1. The lowest BCUT2D eigenvalue weighted by atomic mass is 10.0. The first-order chi connectivity index (χ1) is 22.2. The third-order valence-corrected chi connectivity index (χ3v) is 8.94. The highest BCUT2D eigenvalue weighted by Gasteiger charge is 2.35. The van der Waals surface area contributed by atoms with Crippen LogP contribution in [0.25, 0.3) is 11.2 Å². The zero-order chi connectivity index (χ0) is 32.9. The number of hydrogen-bond acceptors (Lipinski definition) is 11. The van der Waals surface area contributed by atoms with E-state index in [0.717, 1.165) is 11.1 Å². The van der Waals surface area contributed by atoms with Crippen molar-refractivity contribution in [2.75, 3.05) is 46.1 Å². The number of nitrogens with one attached hydrogen (secondary N) is 2. The second-order valence-electron chi connectivity index (χ2n) is 10.4. The number of esters is 1. The second kappa shape index (κ2) is 16.9. The highest BCUT2D eigenvalue weighted by molar-refractivity contribution is 7.59. The first kappa shape index (κ1) is 34.7. The first-order valence-electron chi connectivity index (χ1n) is 14.8. The van der Waals surface area contributed by atoms with Gasteiger partial charge in [0.25, 0.3) is 0 Å². The zero-order valence-corrected chi connectivity index (χ0v) is 27.0. The highest BCUT2D eigenvalue weighted by Crippen LogP contribution is 2.39. The smallest absolute Gasteiger partial charge is 0.323 e. The standard InChI is InChI=1S/C31H40N7O7P/c1-4-45-30(40)25(18-23-13-9-6-10-14-23)37-46(41,36-24(26(39)19-42-2)17-22-11-7-5-8-12-22)21-44-16-15-38-20-33-27-28(38)34-31(32)35-29(27)43-3/h5-14,20,24-25H,4,15-19,21H2,1-3H3,(H2,32,34,35)(H2,36,37,41)/t24-,25-,46?/m0/s1. The minimum Gasteiger partial charge on any atom is -0.479 e. The molecule has 15 heteroatoms. The monoisotopic (exact) mass is 653 g/mol. The van der Waals surface area contributed by atoms with Crippen LogP contribution in [0, 0.1) is 0 Å². The van der Waals surface area contributed by atoms with Gasteiger partial charge in [-0.2, -0.15) is 9.97 Å². The van der Waals surface area contributed by atoms with Crippen molar-refractivity contribution < 1.29 is 33.1 Å². The van der Waals surface area contributed by atoms with E-state index in [4.69, 9.17) is 24.7 Å². The molecule has 0 bridgehead atoms. The number of anilines is 1. The van der Waals surface area contributed by atoms with Crippen LogP contribution in [0.3, 0.4) is 0 Å². The molecule has 0 aliphatic carbocycles. The van der Waals surface area contributed by atoms with Crippen LogP contribution in [0.4, 0.5) is 5.95 Å². The maximum atomic E-state index is 14.7. The quantitative estimate of drug-likeness (QED) is 0.0764. The van der Waals surface area contributed by atoms with E-state index in [1.54, 1.807) is 17.8 Å². The number of fused-ring (bicyclic) bond motifs is 1. The molecular formula is C31H40N7O7P. The molecule has 0 saturated carbocycles. The predicted molar refractivity (Wildman–Crippen MR) is 172 cm³/mol. The van der Waals surface area contributed by atoms with Crippen LogP contribution in [0.5, 0.6) is 5.88 Å². The van der Waals surface area contributed by atoms with Crippen LogP contribution in [-0.2, 0) is 47.8 Å². The minimum absolute atomic E-state index is 0.0264. The summed E-state index contributed by atoms with van der Waals surface area (Å²) in [7, 11) is -0.943. The number of hydrogen-bond donors (Lipinski definition) is 3. The van der Waals surface area contributed by atoms with Crippen LogP contribution in [-0.4, -0.2) is 83.7 Å². The first-order valence-corrected chi connectivity index (χ1v) is 16.6. The van der Waals surface area contributed by atoms with Gasteiger partial charge in [-0.3, -0.25) is 14.2 Å². The summed E-state index contributed by atoms with van der Waals surface area (Å²) in [6.45, 7) is 2.01. The Morgan fingerprint density at radius 2 is 1.59 bits per heavy atom. The average Bonchev–Trinajstić information content (AvgIpc) is 3.46. The molecule has 0 radical (unpaired) electrons. The van der Waals surface area contributed by atoms with Crippen molar-refractivity contribution >= 4 is 36.3 Å². The van der Waals surface area contributed by atoms with E-state index in [9.17, 15) is 14.2 Å². The van der Waals surface area contributed by atoms with Gasteiger partial charge in [-0.1, -0.05) is 60.7 Å². The van der Waals surface area contributed by atoms with Gasteiger partial charge in [0.15, 0.2) is 16.9 Å². The number of Topliss-reactive ketones (excluding diaryl/α,β-unsaturated/α-hetero) is 1. The van der Waals surface area contributed by atoms with Crippen molar-refractivity contribution in [3.05, 3.63) is 78.1 Å². The van der Waals surface area contributed by atoms with Crippen molar-refractivity contribution in [2.24, 2.45) is 0 Å². The predicted octanol–water partition coefficient (Wildman–Crippen LogP) is 2.76. The molecule has 2 heterocycles. The van der Waals surface area contributed by atoms with E-state index >= 15 is 0 Å². The number of ketones is 1. The number of ether oxygens (including phenoxy) is 4. The van der Waals surface area contributed by atoms with Gasteiger partial charge >= 0.3 is 5.97 Å². The third-order valence-electron chi connectivity index (χ3n) is 6.93. The molecule has 0 aliphatic rings. The van der Waals surface area contributed by atoms with Crippen LogP contribution >= 0.6 is 7.44 Å². The van der Waals surface area contributed by atoms with Gasteiger partial charge in [-0.25, -0.2) is 15.2 Å². The Labute approximate surface area is 267 Å². The molecule has 246 valence electrons. The fourth-order valence-corrected chi connectivity index (χ4v) is 6.86. The molecule has 2 aromatic heterocycles. The number of carbonyl (C=O) groups excluding carboxylic acids is 2. The lowest BCUT2D eigenvalue weighted by Gasteiger charge is -2.29. The number of nitrogens with zero attached hydrogens (tertiary/aromatic N) is 4. The van der Waals surface area contributed by atoms with Crippen LogP contribution in [0.2, 0.25) is 0 Å². The maximum Gasteiger partial charge on any atom is 0.323 e. The number of rotatable bonds is 19. The molecule has 2 aromatic carbocycles. The van der Waals surface area contributed by atoms with E-state index in [2.05, 4.69) is 25.1 Å². The lowest BCUT2D eigenvalue weighted by molar-refractivity contribution is -0.145. The summed E-state index contributed by atoms with van der Waals surface area (Å²) in [5.74, 6) is -0.611. The van der Waals surface area contributed by atoms with Crippen molar-refractivity contribution in [1.82, 2.24) is 29.7 Å². The fraction of sp³-hybridized carbons (Fsp3) is 0.387. The molecule has 4 aromatic rings. The number of carbonyl (C=O) groups is 2. The van der Waals surface area contributed by atoms with Crippen LogP contribution in [0.1, 0.15) is 18.1 Å². The molecule has 3 atom stereocenters. The summed E-state index contributed by atoms with van der Waals surface area (Å²) in [6, 6.07) is 16.7. The van der Waals surface area contributed by atoms with E-state index in [0.29, 0.717) is 11.2 Å². The van der Waals surface area contributed by atoms with Crippen LogP contribution < -0.4 is 20.6 Å². The van der Waals surface area contributed by atoms with Crippen molar-refractivity contribution in [2.45, 2.75) is 38.4 Å². The lowest BCUT2D eigenvalue weighted by Crippen LogP contribution is -2.46. The Hall–Kier alpha value is -4.20. The second-order valence-corrected chi connectivity index (χ2v) is 12.6. The van der Waals surface area contributed by atoms with Crippen molar-refractivity contribution in [1.29, 1.82) is 0 Å². The summed E-state index contributed by atoms with van der Waals surface area (Å²) in [5.41, 5.74) is 8.40. The molecule has 1 unspecified atom stereocenters. The molecule has 0 aliphatic heterocycles. The molecule has 0 amide bonds. The van der Waals surface area contributed by atoms with E-state index in [1.165, 1.54) is 14.2 Å². The Balaban J connectivity index is 1.58. The Bertz CT molecular complexity index is 1550. The molecule has 14 nitrogen and oxygen atoms in total. The van der Waals surface area contributed by atoms with Crippen LogP contribution in [0.15, 0.2) is 67.0 Å². The topological polar surface area (TPSA) is 182 Å². The minimum atomic E-state index is -3.83. The fourth-order valence-electron chi connectivity index (χ4n) is 4.81. The molecule has 0 spiro atoms. The largest absolute Gasteiger partial charge is 0.479 e. The van der Waals surface area contributed by atoms with Gasteiger partial charge in [0, 0.05) is 13.7 Å². The summed E-state index contributed by atoms with van der Waals surface area (Å²) >= 11 is 0. The number of aromatic nitrogens is 4. The Morgan fingerprint density at radius 1 is 0.957 bits per heavy atom. The molecule has 0 saturated heterocycles. The van der Waals surface area contributed by atoms with E-state index < -0.39 is 25.5 Å². The number of methoxy groups -OCH3 is 2. The van der Waals surface area contributed by atoms with Gasteiger partial charge in [-0.05, 0) is 30.9 Å². The number of benzene rings is 2. The SMILES string of the molecule is CCOC(=O)[C@H](Cc1ccccc1)NP(=O)(COCCn1cnc2c(OC)nc(N)nc21)N[C@@H](Cc1ccccc1)C(=O)COC. The van der Waals surface area contributed by atoms with Gasteiger partial charge in [0.2, 0.25) is 19.3 Å². The Kier molecular flexibility index (Phi) is 12.8. The molecule has 46 heavy (non-hydrogen) atoms. The van der Waals surface area contributed by atoms with Gasteiger partial charge in [0.1, 0.15) is 19.0 Å². The molecule has 4 rings (SSSR count). The maximum absolute atomic E-state index is 14.7. The zero-order valence-electron chi connectivity index (χ0n) is 26.1. The average molecular weight is 654 g/mol. The summed E-state index contributed by atoms with van der Waals surface area (Å²) in [6.07, 6.45) is 1.64. The third kappa shape index (κ3) is 9.65. The molecular weight excluding hydrogens is 613 g/mol. The van der Waals surface area contributed by atoms with Crippen molar-refractivity contribution in [3.8, 4) is 5.88 Å². The summed E-state index contributed by atoms with van der Waals surface area (Å²) in [5, 5.41) is 6.03. The highest BCUT2D eigenvalue weighted by atomic mass is 31.2. The van der Waals surface area contributed by atoms with Gasteiger partial charge < -0.3 is 29.2 Å². The number of nitrogen functional groups attached to an aromatic ring is 1. The molecule has 0 fully saturated rings. The van der Waals surface area contributed by atoms with Gasteiger partial charge in [-0.15, -0.1) is 0 Å². The Morgan fingerprint density at radius 3 is 2.20 bits per heavy atom. The summed E-state index contributed by atoms with van der Waals surface area (Å²) in [4.78, 5) is 38.9. The molecule has 4 N–H and O–H groups in total. The van der Waals surface area contributed by atoms with E-state index in [1.807, 2.05) is 60.7 Å². The number of imidazole rings is 1. The van der Waals surface area contributed by atoms with Gasteiger partial charge in [0.05, 0.1) is 32.7 Å². The van der Waals surface area contributed by atoms with E-state index in [-0.39, 0.29) is 63.2 Å². The van der Waals surface area contributed by atoms with Crippen molar-refractivity contribution in [3.63, 3.8) is 0 Å². The number of nitrogens with two attached hydrogens (primary N) is 1. The normalized spacial score (nSPS) is 14.0.